The fourth-order valence-electron chi connectivity index (χ4n) is 3.41. The summed E-state index contributed by atoms with van der Waals surface area (Å²) in [4.78, 5) is 20.4. The molecule has 2 aromatic heterocycles. The van der Waals surface area contributed by atoms with Gasteiger partial charge < -0.3 is 9.88 Å². The van der Waals surface area contributed by atoms with E-state index in [-0.39, 0.29) is 72.1 Å². The van der Waals surface area contributed by atoms with Crippen LogP contribution in [0.25, 0.3) is 10.9 Å². The van der Waals surface area contributed by atoms with E-state index in [1.54, 1.807) is 0 Å². The standard InChI is InChI=1S/C20H16F5N4O.U/c1-9-27-17-14(8-29(20(30)16(17)23)12-5-11(21)6-12)19(28-9)26-7-10-3-2-4-13(15(10)22)18(24)25;/h2-4,7-8,11-12,18H,5-6H2,1H3,(H,26,27,28);/q-1;. The number of hydrogen-bond acceptors (Lipinski definition) is 4. The fraction of sp³-hybridized carbons (Fsp3) is 0.300. The first-order valence-electron chi connectivity index (χ1n) is 9.15. The zero-order chi connectivity index (χ0) is 21.6. The summed E-state index contributed by atoms with van der Waals surface area (Å²) in [6.07, 6.45) is -2.51. The van der Waals surface area contributed by atoms with Crippen molar-refractivity contribution in [1.82, 2.24) is 14.5 Å². The maximum Gasteiger partial charge on any atom is 0.289 e. The molecule has 0 amide bonds. The number of fused-ring (bicyclic) bond motifs is 1. The van der Waals surface area contributed by atoms with Crippen LogP contribution in [0.5, 0.6) is 0 Å². The molecule has 1 aromatic carbocycles. The number of anilines is 1. The third-order valence-electron chi connectivity index (χ3n) is 5.06. The number of alkyl halides is 3. The van der Waals surface area contributed by atoms with Crippen LogP contribution in [0.1, 0.15) is 42.3 Å². The molecule has 4 rings (SSSR count). The number of pyridine rings is 1. The molecule has 0 aliphatic heterocycles. The van der Waals surface area contributed by atoms with Crippen LogP contribution in [0, 0.1) is 56.2 Å². The number of nitrogens with zero attached hydrogens (tertiary/aromatic N) is 3. The van der Waals surface area contributed by atoms with E-state index in [9.17, 15) is 26.7 Å². The Labute approximate surface area is 197 Å². The van der Waals surface area contributed by atoms with Gasteiger partial charge in [-0.2, -0.15) is 10.5 Å². The third kappa shape index (κ3) is 4.44. The molecule has 5 nitrogen and oxygen atoms in total. The molecule has 1 N–H and O–H groups in total. The van der Waals surface area contributed by atoms with E-state index in [1.807, 2.05) is 0 Å². The van der Waals surface area contributed by atoms with Crippen LogP contribution >= 0.6 is 0 Å². The fourth-order valence-corrected chi connectivity index (χ4v) is 3.41. The van der Waals surface area contributed by atoms with Gasteiger partial charge in [0.05, 0.1) is 5.39 Å². The van der Waals surface area contributed by atoms with Crippen molar-refractivity contribution < 1.29 is 53.1 Å². The topological polar surface area (TPSA) is 59.8 Å². The summed E-state index contributed by atoms with van der Waals surface area (Å²) >= 11 is 0. The van der Waals surface area contributed by atoms with Gasteiger partial charge in [0, 0.05) is 49.2 Å². The minimum atomic E-state index is -2.98. The zero-order valence-electron chi connectivity index (χ0n) is 16.2. The quantitative estimate of drug-likeness (QED) is 0.321. The Morgan fingerprint density at radius 1 is 1.19 bits per heavy atom. The third-order valence-corrected chi connectivity index (χ3v) is 5.06. The minimum Gasteiger partial charge on any atom is -0.399 e. The molecular weight excluding hydrogens is 645 g/mol. The molecule has 0 spiro atoms. The molecule has 0 bridgehead atoms. The van der Waals surface area contributed by atoms with E-state index in [4.69, 9.17) is 0 Å². The van der Waals surface area contributed by atoms with E-state index in [1.165, 1.54) is 25.3 Å². The number of benzene rings is 1. The van der Waals surface area contributed by atoms with Crippen LogP contribution in [0.4, 0.5) is 27.8 Å². The predicted molar refractivity (Wildman–Crippen MR) is 100 cm³/mol. The summed E-state index contributed by atoms with van der Waals surface area (Å²) in [5.41, 5.74) is -2.05. The van der Waals surface area contributed by atoms with E-state index < -0.39 is 41.4 Å². The summed E-state index contributed by atoms with van der Waals surface area (Å²) < 4.78 is 69.1. The second-order valence-corrected chi connectivity index (χ2v) is 7.10. The van der Waals surface area contributed by atoms with Gasteiger partial charge in [-0.3, -0.25) is 9.18 Å². The molecule has 0 atom stereocenters. The van der Waals surface area contributed by atoms with E-state index in [2.05, 4.69) is 15.3 Å². The van der Waals surface area contributed by atoms with Gasteiger partial charge >= 0.3 is 0 Å². The van der Waals surface area contributed by atoms with E-state index in [0.29, 0.717) is 0 Å². The van der Waals surface area contributed by atoms with Gasteiger partial charge in [-0.1, -0.05) is 12.6 Å². The largest absolute Gasteiger partial charge is 0.399 e. The van der Waals surface area contributed by atoms with Crippen LogP contribution in [-0.2, 0) is 0 Å². The van der Waals surface area contributed by atoms with Gasteiger partial charge in [0.25, 0.3) is 12.0 Å². The summed E-state index contributed by atoms with van der Waals surface area (Å²) in [5.74, 6) is -2.00. The first kappa shape index (κ1) is 23.5. The minimum absolute atomic E-state index is 0. The summed E-state index contributed by atoms with van der Waals surface area (Å²) in [6.45, 7) is 2.60. The van der Waals surface area contributed by atoms with Crippen molar-refractivity contribution in [2.24, 2.45) is 0 Å². The molecule has 3 aromatic rings. The monoisotopic (exact) mass is 661 g/mol. The molecule has 0 radical (unpaired) electrons. The molecule has 1 saturated carbocycles. The van der Waals surface area contributed by atoms with Crippen LogP contribution in [0.15, 0.2) is 29.2 Å². The van der Waals surface area contributed by atoms with Crippen LogP contribution in [0.3, 0.4) is 0 Å². The summed E-state index contributed by atoms with van der Waals surface area (Å²) in [7, 11) is 0. The Balaban J connectivity index is 0.00000272. The maximum atomic E-state index is 14.7. The first-order chi connectivity index (χ1) is 14.3. The maximum absolute atomic E-state index is 14.7. The van der Waals surface area contributed by atoms with Crippen molar-refractivity contribution in [3.8, 4) is 0 Å². The molecule has 31 heavy (non-hydrogen) atoms. The Morgan fingerprint density at radius 2 is 1.90 bits per heavy atom. The molecule has 1 aliphatic rings. The summed E-state index contributed by atoms with van der Waals surface area (Å²) in [5, 5.41) is 2.82. The van der Waals surface area contributed by atoms with Gasteiger partial charge in [0.15, 0.2) is 0 Å². The molecule has 1 fully saturated rings. The molecular formula is C20H16F5N4OU-. The van der Waals surface area contributed by atoms with E-state index >= 15 is 0 Å². The van der Waals surface area contributed by atoms with Gasteiger partial charge in [0.1, 0.15) is 23.3 Å². The molecule has 2 heterocycles. The van der Waals surface area contributed by atoms with Gasteiger partial charge in [-0.05, 0) is 25.3 Å². The Hall–Kier alpha value is -2.12. The van der Waals surface area contributed by atoms with Crippen molar-refractivity contribution in [1.29, 1.82) is 0 Å². The van der Waals surface area contributed by atoms with Crippen LogP contribution < -0.4 is 10.9 Å². The number of nitrogens with one attached hydrogen (secondary N) is 1. The van der Waals surface area contributed by atoms with Crippen molar-refractivity contribution in [3.05, 3.63) is 69.9 Å². The van der Waals surface area contributed by atoms with Crippen molar-refractivity contribution >= 4 is 16.7 Å². The predicted octanol–water partition coefficient (Wildman–Crippen LogP) is 4.61. The second-order valence-electron chi connectivity index (χ2n) is 7.10. The number of halogens is 5. The Morgan fingerprint density at radius 3 is 2.55 bits per heavy atom. The molecule has 11 heteroatoms. The van der Waals surface area contributed by atoms with Crippen molar-refractivity contribution in [3.63, 3.8) is 0 Å². The Bertz CT molecular complexity index is 1180. The van der Waals surface area contributed by atoms with Crippen molar-refractivity contribution in [2.75, 3.05) is 5.32 Å². The van der Waals surface area contributed by atoms with Gasteiger partial charge in [0.2, 0.25) is 5.82 Å². The average Bonchev–Trinajstić information content (AvgIpc) is 2.67. The van der Waals surface area contributed by atoms with Crippen LogP contribution in [-0.4, -0.2) is 20.7 Å². The normalized spacial score (nSPS) is 17.9. The smallest absolute Gasteiger partial charge is 0.289 e. The molecule has 0 unspecified atom stereocenters. The molecule has 0 saturated heterocycles. The second kappa shape index (κ2) is 9.17. The van der Waals surface area contributed by atoms with Crippen LogP contribution in [0.2, 0.25) is 0 Å². The van der Waals surface area contributed by atoms with Gasteiger partial charge in [-0.25, -0.2) is 23.1 Å². The number of aromatic nitrogens is 3. The number of hydrogen-bond donors (Lipinski definition) is 1. The zero-order valence-corrected chi connectivity index (χ0v) is 20.3. The summed E-state index contributed by atoms with van der Waals surface area (Å²) in [6, 6.07) is 3.07. The average molecular weight is 661 g/mol. The first-order valence-corrected chi connectivity index (χ1v) is 9.15. The van der Waals surface area contributed by atoms with E-state index in [0.717, 1.165) is 17.2 Å². The number of rotatable bonds is 5. The number of aryl methyl sites for hydroxylation is 1. The molecule has 1 aliphatic carbocycles. The molecule has 162 valence electrons. The SMILES string of the molecule is Cc1nc(N[CH-]c2cccc(C(F)F)c2F)c2cn(C3CC(F)C3)c(=O)c(F)c2n1.[U]. The Kier molecular flexibility index (Phi) is 6.96. The van der Waals surface area contributed by atoms with Gasteiger partial charge in [-0.15, -0.1) is 11.6 Å². The van der Waals surface area contributed by atoms with Crippen molar-refractivity contribution in [2.45, 2.75) is 38.4 Å².